The maximum Gasteiger partial charge on any atom is 0.185 e. The van der Waals surface area contributed by atoms with Crippen molar-refractivity contribution in [3.8, 4) is 0 Å². The van der Waals surface area contributed by atoms with Crippen molar-refractivity contribution in [2.45, 2.75) is 18.7 Å². The van der Waals surface area contributed by atoms with Gasteiger partial charge in [-0.15, -0.1) is 12.6 Å². The Kier molecular flexibility index (Phi) is 4.86. The van der Waals surface area contributed by atoms with Crippen molar-refractivity contribution in [3.63, 3.8) is 0 Å². The van der Waals surface area contributed by atoms with E-state index < -0.39 is 0 Å². The number of aldehydes is 1. The fourth-order valence-electron chi connectivity index (χ4n) is 1.21. The lowest BCUT2D eigenvalue weighted by Crippen LogP contribution is -1.78. The highest BCUT2D eigenvalue weighted by Crippen LogP contribution is 2.25. The van der Waals surface area contributed by atoms with Crippen LogP contribution >= 0.6 is 12.6 Å². The van der Waals surface area contributed by atoms with E-state index in [9.17, 15) is 4.79 Å². The maximum atomic E-state index is 10.7. The Hall–Kier alpha value is -1.48. The molecule has 0 unspecified atom stereocenters. The fourth-order valence-corrected chi connectivity index (χ4v) is 1.44. The maximum absolute atomic E-state index is 10.7. The summed E-state index contributed by atoms with van der Waals surface area (Å²) >= 11 is 4.29. The van der Waals surface area contributed by atoms with Crippen LogP contribution in [0.25, 0.3) is 6.08 Å². The van der Waals surface area contributed by atoms with Crippen molar-refractivity contribution >= 4 is 25.0 Å². The minimum atomic E-state index is 0.318. The van der Waals surface area contributed by atoms with Gasteiger partial charge in [0.05, 0.1) is 4.90 Å². The van der Waals surface area contributed by atoms with E-state index in [4.69, 9.17) is 4.42 Å². The Labute approximate surface area is 101 Å². The van der Waals surface area contributed by atoms with Crippen LogP contribution in [0, 0.1) is 6.92 Å². The fraction of sp³-hybridized carbons (Fsp3) is 0.154. The number of hydrogen-bond acceptors (Lipinski definition) is 3. The van der Waals surface area contributed by atoms with Crippen molar-refractivity contribution in [1.82, 2.24) is 0 Å². The molecule has 0 amide bonds. The van der Waals surface area contributed by atoms with Crippen LogP contribution < -0.4 is 0 Å². The number of rotatable bonds is 4. The smallest absolute Gasteiger partial charge is 0.185 e. The summed E-state index contributed by atoms with van der Waals surface area (Å²) in [5, 5.41) is 0. The highest BCUT2D eigenvalue weighted by molar-refractivity contribution is 7.80. The number of thiol groups is 1. The molecule has 0 aliphatic carbocycles. The van der Waals surface area contributed by atoms with Crippen LogP contribution in [0.15, 0.2) is 39.7 Å². The van der Waals surface area contributed by atoms with Crippen molar-refractivity contribution in [1.29, 1.82) is 0 Å². The lowest BCUT2D eigenvalue weighted by atomic mass is 10.2. The number of allylic oxidation sites excluding steroid dienone is 5. The zero-order chi connectivity index (χ0) is 12.0. The summed E-state index contributed by atoms with van der Waals surface area (Å²) in [5.74, 6) is 0.973. The molecule has 0 aliphatic heterocycles. The highest BCUT2D eigenvalue weighted by Gasteiger charge is 2.11. The first-order chi connectivity index (χ1) is 7.70. The van der Waals surface area contributed by atoms with Gasteiger partial charge >= 0.3 is 0 Å². The van der Waals surface area contributed by atoms with Gasteiger partial charge in [0.15, 0.2) is 12.0 Å². The molecule has 0 bridgehead atoms. The third kappa shape index (κ3) is 3.00. The van der Waals surface area contributed by atoms with E-state index in [2.05, 4.69) is 12.6 Å². The number of aryl methyl sites for hydroxylation is 1. The normalized spacial score (nSPS) is 12.2. The summed E-state index contributed by atoms with van der Waals surface area (Å²) in [6, 6.07) is 0. The lowest BCUT2D eigenvalue weighted by Gasteiger charge is -1.88. The molecule has 0 saturated carbocycles. The molecule has 0 spiro atoms. The molecule has 1 rings (SSSR count). The molecule has 0 atom stereocenters. The molecule has 0 radical (unpaired) electrons. The van der Waals surface area contributed by atoms with E-state index in [1.165, 1.54) is 0 Å². The zero-order valence-electron chi connectivity index (χ0n) is 9.31. The molecule has 2 nitrogen and oxygen atoms in total. The Morgan fingerprint density at radius 1 is 1.19 bits per heavy atom. The third-order valence-electron chi connectivity index (χ3n) is 2.01. The summed E-state index contributed by atoms with van der Waals surface area (Å²) < 4.78 is 5.24. The first-order valence-corrected chi connectivity index (χ1v) is 5.39. The van der Waals surface area contributed by atoms with Crippen molar-refractivity contribution in [3.05, 3.63) is 47.5 Å². The van der Waals surface area contributed by atoms with Crippen LogP contribution in [0.1, 0.15) is 28.8 Å². The van der Waals surface area contributed by atoms with Gasteiger partial charge in [0, 0.05) is 5.56 Å². The Morgan fingerprint density at radius 3 is 2.50 bits per heavy atom. The molecular formula is C13H14O2S. The van der Waals surface area contributed by atoms with Crippen LogP contribution in [-0.2, 0) is 0 Å². The summed E-state index contributed by atoms with van der Waals surface area (Å²) in [4.78, 5) is 11.4. The van der Waals surface area contributed by atoms with E-state index in [0.29, 0.717) is 22.7 Å². The van der Waals surface area contributed by atoms with Gasteiger partial charge in [-0.1, -0.05) is 30.4 Å². The summed E-state index contributed by atoms with van der Waals surface area (Å²) in [6.07, 6.45) is 12.0. The molecular weight excluding hydrogens is 220 g/mol. The number of carbonyl (C=O) groups is 1. The second-order valence-corrected chi connectivity index (χ2v) is 3.62. The van der Waals surface area contributed by atoms with Gasteiger partial charge in [0.25, 0.3) is 0 Å². The summed E-state index contributed by atoms with van der Waals surface area (Å²) in [7, 11) is 0. The largest absolute Gasteiger partial charge is 0.457 e. The van der Waals surface area contributed by atoms with Crippen molar-refractivity contribution in [2.24, 2.45) is 0 Å². The van der Waals surface area contributed by atoms with Gasteiger partial charge in [-0.3, -0.25) is 4.79 Å². The van der Waals surface area contributed by atoms with E-state index in [1.807, 2.05) is 43.4 Å². The van der Waals surface area contributed by atoms with Crippen LogP contribution in [-0.4, -0.2) is 6.29 Å². The molecule has 0 fully saturated rings. The SMILES string of the molecule is C/C=C/C=C/C=C/c1c(C=O)oc(C)c1S. The van der Waals surface area contributed by atoms with E-state index in [1.54, 1.807) is 6.92 Å². The first-order valence-electron chi connectivity index (χ1n) is 4.94. The van der Waals surface area contributed by atoms with E-state index in [0.717, 1.165) is 5.56 Å². The molecule has 84 valence electrons. The minimum absolute atomic E-state index is 0.318. The molecule has 1 heterocycles. The topological polar surface area (TPSA) is 30.2 Å². The quantitative estimate of drug-likeness (QED) is 0.487. The van der Waals surface area contributed by atoms with Gasteiger partial charge in [0.1, 0.15) is 5.76 Å². The minimum Gasteiger partial charge on any atom is -0.457 e. The average Bonchev–Trinajstić information content (AvgIpc) is 2.56. The summed E-state index contributed by atoms with van der Waals surface area (Å²) in [5.41, 5.74) is 0.723. The molecule has 0 N–H and O–H groups in total. The van der Waals surface area contributed by atoms with E-state index >= 15 is 0 Å². The number of hydrogen-bond donors (Lipinski definition) is 1. The van der Waals surface area contributed by atoms with Crippen molar-refractivity contribution < 1.29 is 9.21 Å². The van der Waals surface area contributed by atoms with Gasteiger partial charge in [-0.25, -0.2) is 0 Å². The Balaban J connectivity index is 2.91. The van der Waals surface area contributed by atoms with Gasteiger partial charge < -0.3 is 4.42 Å². The van der Waals surface area contributed by atoms with Gasteiger partial charge in [-0.2, -0.15) is 0 Å². The standard InChI is InChI=1S/C13H14O2S/c1-3-4-5-6-7-8-11-12(9-14)15-10(2)13(11)16/h3-9,16H,1-2H3/b4-3+,6-5+,8-7+. The predicted molar refractivity (Wildman–Crippen MR) is 69.1 cm³/mol. The van der Waals surface area contributed by atoms with Crippen LogP contribution in [0.3, 0.4) is 0 Å². The van der Waals surface area contributed by atoms with Crippen LogP contribution in [0.5, 0.6) is 0 Å². The summed E-state index contributed by atoms with van der Waals surface area (Å²) in [6.45, 7) is 3.73. The van der Waals surface area contributed by atoms with Crippen LogP contribution in [0.2, 0.25) is 0 Å². The van der Waals surface area contributed by atoms with E-state index in [-0.39, 0.29) is 0 Å². The molecule has 0 aromatic carbocycles. The van der Waals surface area contributed by atoms with Gasteiger partial charge in [-0.05, 0) is 19.9 Å². The van der Waals surface area contributed by atoms with Crippen molar-refractivity contribution in [2.75, 3.05) is 0 Å². The predicted octanol–water partition coefficient (Wildman–Crippen LogP) is 3.83. The lowest BCUT2D eigenvalue weighted by molar-refractivity contribution is 0.109. The highest BCUT2D eigenvalue weighted by atomic mass is 32.1. The Morgan fingerprint density at radius 2 is 1.88 bits per heavy atom. The molecule has 0 saturated heterocycles. The average molecular weight is 234 g/mol. The number of furan rings is 1. The molecule has 16 heavy (non-hydrogen) atoms. The Bertz CT molecular complexity index is 451. The first kappa shape index (κ1) is 12.6. The second-order valence-electron chi connectivity index (χ2n) is 3.17. The molecule has 1 aromatic rings. The van der Waals surface area contributed by atoms with Crippen LogP contribution in [0.4, 0.5) is 0 Å². The molecule has 0 aliphatic rings. The molecule has 1 aromatic heterocycles. The zero-order valence-corrected chi connectivity index (χ0v) is 10.2. The van der Waals surface area contributed by atoms with Gasteiger partial charge in [0.2, 0.25) is 0 Å². The monoisotopic (exact) mass is 234 g/mol. The second kappa shape index (κ2) is 6.18. The molecule has 3 heteroatoms. The third-order valence-corrected chi connectivity index (χ3v) is 2.57. The number of carbonyl (C=O) groups excluding carboxylic acids is 1.